The summed E-state index contributed by atoms with van der Waals surface area (Å²) >= 11 is 6.03. The Morgan fingerprint density at radius 1 is 1.39 bits per heavy atom. The molecule has 0 aromatic heterocycles. The lowest BCUT2D eigenvalue weighted by molar-refractivity contribution is 0.238. The predicted molar refractivity (Wildman–Crippen MR) is 70.4 cm³/mol. The van der Waals surface area contributed by atoms with Crippen LogP contribution in [0.2, 0.25) is 5.02 Å². The zero-order valence-corrected chi connectivity index (χ0v) is 10.8. The highest BCUT2D eigenvalue weighted by Crippen LogP contribution is 2.28. The zero-order valence-electron chi connectivity index (χ0n) is 10.1. The van der Waals surface area contributed by atoms with Gasteiger partial charge in [-0.15, -0.1) is 0 Å². The summed E-state index contributed by atoms with van der Waals surface area (Å²) in [5, 5.41) is 0.466. The third kappa shape index (κ3) is 3.57. The van der Waals surface area contributed by atoms with Gasteiger partial charge < -0.3 is 4.74 Å². The number of rotatable bonds is 5. The van der Waals surface area contributed by atoms with E-state index >= 15 is 0 Å². The van der Waals surface area contributed by atoms with Crippen molar-refractivity contribution in [3.8, 4) is 5.75 Å². The van der Waals surface area contributed by atoms with Gasteiger partial charge in [0.05, 0.1) is 10.7 Å². The van der Waals surface area contributed by atoms with Gasteiger partial charge in [0.1, 0.15) is 12.4 Å². The highest BCUT2D eigenvalue weighted by Gasteiger charge is 2.11. The Balaban J connectivity index is 1.86. The molecule has 1 fully saturated rings. The summed E-state index contributed by atoms with van der Waals surface area (Å²) in [6, 6.07) is 5.00. The van der Waals surface area contributed by atoms with Gasteiger partial charge in [0.25, 0.3) is 0 Å². The fourth-order valence-electron chi connectivity index (χ4n) is 2.02. The van der Waals surface area contributed by atoms with Crippen LogP contribution in [0.15, 0.2) is 23.2 Å². The monoisotopic (exact) mass is 266 g/mol. The predicted octanol–water partition coefficient (Wildman–Crippen LogP) is 2.78. The lowest BCUT2D eigenvalue weighted by Gasteiger charge is -2.15. The Labute approximate surface area is 111 Å². The Kier molecular flexibility index (Phi) is 4.76. The number of benzene rings is 1. The molecule has 1 aliphatic heterocycles. The molecule has 18 heavy (non-hydrogen) atoms. The van der Waals surface area contributed by atoms with Crippen LogP contribution >= 0.6 is 11.6 Å². The lowest BCUT2D eigenvalue weighted by Crippen LogP contribution is -2.25. The van der Waals surface area contributed by atoms with Crippen LogP contribution < -0.4 is 4.74 Å². The molecule has 0 radical (unpaired) electrons. The van der Waals surface area contributed by atoms with E-state index in [4.69, 9.17) is 16.3 Å². The minimum Gasteiger partial charge on any atom is -0.491 e. The van der Waals surface area contributed by atoms with Crippen molar-refractivity contribution in [3.63, 3.8) is 0 Å². The van der Waals surface area contributed by atoms with Crippen LogP contribution in [0, 0.1) is 0 Å². The maximum atomic E-state index is 10.1. The molecule has 4 nitrogen and oxygen atoms in total. The molecular weight excluding hydrogens is 252 g/mol. The second-order valence-corrected chi connectivity index (χ2v) is 4.62. The molecule has 0 atom stereocenters. The minimum absolute atomic E-state index is 0.466. The number of likely N-dealkylation sites (tertiary alicyclic amines) is 1. The number of isocyanates is 1. The van der Waals surface area contributed by atoms with Crippen molar-refractivity contribution in [1.29, 1.82) is 0 Å². The summed E-state index contributed by atoms with van der Waals surface area (Å²) in [6.07, 6.45) is 4.03. The van der Waals surface area contributed by atoms with Gasteiger partial charge >= 0.3 is 0 Å². The molecule has 0 N–H and O–H groups in total. The van der Waals surface area contributed by atoms with Crippen molar-refractivity contribution in [1.82, 2.24) is 4.90 Å². The van der Waals surface area contributed by atoms with Gasteiger partial charge in [-0.05, 0) is 44.1 Å². The highest BCUT2D eigenvalue weighted by atomic mass is 35.5. The second-order valence-electron chi connectivity index (χ2n) is 4.22. The molecule has 96 valence electrons. The standard InChI is InChI=1S/C13H15ClN2O2/c14-12-9-11(15-10-17)3-4-13(12)18-8-7-16-5-1-2-6-16/h3-4,9H,1-2,5-8H2. The first kappa shape index (κ1) is 13.1. The van der Waals surface area contributed by atoms with Gasteiger partial charge in [-0.2, -0.15) is 4.99 Å². The quantitative estimate of drug-likeness (QED) is 0.608. The van der Waals surface area contributed by atoms with E-state index in [-0.39, 0.29) is 0 Å². The molecule has 1 aliphatic rings. The first-order valence-electron chi connectivity index (χ1n) is 6.02. The Morgan fingerprint density at radius 3 is 2.83 bits per heavy atom. The molecule has 0 spiro atoms. The zero-order chi connectivity index (χ0) is 12.8. The fraction of sp³-hybridized carbons (Fsp3) is 0.462. The van der Waals surface area contributed by atoms with Crippen molar-refractivity contribution in [2.24, 2.45) is 4.99 Å². The Hall–Kier alpha value is -1.35. The van der Waals surface area contributed by atoms with E-state index in [2.05, 4.69) is 9.89 Å². The van der Waals surface area contributed by atoms with Crippen LogP contribution in [0.25, 0.3) is 0 Å². The van der Waals surface area contributed by atoms with Crippen LogP contribution in [0.4, 0.5) is 5.69 Å². The van der Waals surface area contributed by atoms with Crippen molar-refractivity contribution in [2.45, 2.75) is 12.8 Å². The van der Waals surface area contributed by atoms with Crippen LogP contribution in [0.1, 0.15) is 12.8 Å². The number of hydrogen-bond acceptors (Lipinski definition) is 4. The summed E-state index contributed by atoms with van der Waals surface area (Å²) in [5.41, 5.74) is 0.488. The lowest BCUT2D eigenvalue weighted by atomic mass is 10.3. The summed E-state index contributed by atoms with van der Waals surface area (Å²) < 4.78 is 5.62. The van der Waals surface area contributed by atoms with Gasteiger partial charge in [-0.1, -0.05) is 11.6 Å². The summed E-state index contributed by atoms with van der Waals surface area (Å²) in [4.78, 5) is 16.0. The first-order chi connectivity index (χ1) is 8.79. The average molecular weight is 267 g/mol. The number of nitrogens with zero attached hydrogens (tertiary/aromatic N) is 2. The molecule has 1 aromatic carbocycles. The summed E-state index contributed by atoms with van der Waals surface area (Å²) in [5.74, 6) is 0.626. The molecule has 0 aliphatic carbocycles. The van der Waals surface area contributed by atoms with Crippen molar-refractivity contribution in [2.75, 3.05) is 26.2 Å². The first-order valence-corrected chi connectivity index (χ1v) is 6.40. The van der Waals surface area contributed by atoms with Crippen LogP contribution in [0.3, 0.4) is 0 Å². The van der Waals surface area contributed by atoms with E-state index in [0.717, 1.165) is 19.6 Å². The molecule has 0 unspecified atom stereocenters. The average Bonchev–Trinajstić information content (AvgIpc) is 2.85. The van der Waals surface area contributed by atoms with E-state index in [0.29, 0.717) is 23.1 Å². The van der Waals surface area contributed by atoms with Gasteiger partial charge in [-0.3, -0.25) is 4.90 Å². The molecule has 0 bridgehead atoms. The van der Waals surface area contributed by atoms with Gasteiger partial charge in [0.2, 0.25) is 6.08 Å². The third-order valence-electron chi connectivity index (χ3n) is 2.95. The van der Waals surface area contributed by atoms with Crippen molar-refractivity contribution in [3.05, 3.63) is 23.2 Å². The molecule has 1 saturated heterocycles. The molecular formula is C13H15ClN2O2. The second kappa shape index (κ2) is 6.55. The number of carbonyl (C=O) groups excluding carboxylic acids is 1. The Bertz CT molecular complexity index is 452. The van der Waals surface area contributed by atoms with E-state index < -0.39 is 0 Å². The highest BCUT2D eigenvalue weighted by molar-refractivity contribution is 6.32. The summed E-state index contributed by atoms with van der Waals surface area (Å²) in [6.45, 7) is 3.86. The topological polar surface area (TPSA) is 41.9 Å². The summed E-state index contributed by atoms with van der Waals surface area (Å²) in [7, 11) is 0. The minimum atomic E-state index is 0.466. The van der Waals surface area contributed by atoms with Gasteiger partial charge in [0, 0.05) is 6.54 Å². The molecule has 1 aromatic rings. The van der Waals surface area contributed by atoms with Crippen LogP contribution in [-0.4, -0.2) is 37.2 Å². The van der Waals surface area contributed by atoms with E-state index in [1.165, 1.54) is 18.9 Å². The third-order valence-corrected chi connectivity index (χ3v) is 3.25. The Morgan fingerprint density at radius 2 is 2.17 bits per heavy atom. The smallest absolute Gasteiger partial charge is 0.240 e. The number of aliphatic imine (C=N–C) groups is 1. The number of halogens is 1. The number of ether oxygens (including phenoxy) is 1. The van der Waals surface area contributed by atoms with Crippen molar-refractivity contribution >= 4 is 23.4 Å². The molecule has 0 saturated carbocycles. The van der Waals surface area contributed by atoms with E-state index in [1.54, 1.807) is 18.2 Å². The normalized spacial score (nSPS) is 15.4. The fourth-order valence-corrected chi connectivity index (χ4v) is 2.25. The maximum Gasteiger partial charge on any atom is 0.240 e. The van der Waals surface area contributed by atoms with Crippen LogP contribution in [0.5, 0.6) is 5.75 Å². The largest absolute Gasteiger partial charge is 0.491 e. The van der Waals surface area contributed by atoms with E-state index in [9.17, 15) is 4.79 Å². The number of hydrogen-bond donors (Lipinski definition) is 0. The van der Waals surface area contributed by atoms with E-state index in [1.807, 2.05) is 0 Å². The molecule has 5 heteroatoms. The molecule has 1 heterocycles. The molecule has 2 rings (SSSR count). The van der Waals surface area contributed by atoms with Crippen molar-refractivity contribution < 1.29 is 9.53 Å². The molecule has 0 amide bonds. The maximum absolute atomic E-state index is 10.1. The SMILES string of the molecule is O=C=Nc1ccc(OCCN2CCCC2)c(Cl)c1. The van der Waals surface area contributed by atoms with Gasteiger partial charge in [0.15, 0.2) is 0 Å². The van der Waals surface area contributed by atoms with Gasteiger partial charge in [-0.25, -0.2) is 4.79 Å². The van der Waals surface area contributed by atoms with Crippen LogP contribution in [-0.2, 0) is 4.79 Å².